The van der Waals surface area contributed by atoms with Crippen molar-refractivity contribution in [1.82, 2.24) is 4.90 Å². The number of likely N-dealkylation sites (tertiary alicyclic amines) is 1. The van der Waals surface area contributed by atoms with E-state index in [9.17, 15) is 0 Å². The van der Waals surface area contributed by atoms with E-state index in [1.807, 2.05) is 0 Å². The highest BCUT2D eigenvalue weighted by molar-refractivity contribution is 5.33. The lowest BCUT2D eigenvalue weighted by atomic mass is 9.78. The topological polar surface area (TPSA) is 29.3 Å². The van der Waals surface area contributed by atoms with Gasteiger partial charge in [-0.05, 0) is 48.6 Å². The van der Waals surface area contributed by atoms with Crippen molar-refractivity contribution in [3.05, 3.63) is 35.4 Å². The third-order valence-corrected chi connectivity index (χ3v) is 5.73. The van der Waals surface area contributed by atoms with Crippen LogP contribution in [0.5, 0.6) is 0 Å². The quantitative estimate of drug-likeness (QED) is 0.835. The standard InChI is InChI=1S/C17H24N2/c18-17-7-3-6-14-10-19(11-16(14)17)15-8-12-4-1-2-5-13(12)9-15/h1-2,4-5,14-17H,3,6-11,18H2. The van der Waals surface area contributed by atoms with Gasteiger partial charge in [0, 0.05) is 25.2 Å². The predicted molar refractivity (Wildman–Crippen MR) is 78.0 cm³/mol. The molecule has 2 heteroatoms. The molecule has 3 aliphatic rings. The number of fused-ring (bicyclic) bond motifs is 2. The molecule has 0 radical (unpaired) electrons. The third-order valence-electron chi connectivity index (χ3n) is 5.73. The van der Waals surface area contributed by atoms with Gasteiger partial charge >= 0.3 is 0 Å². The fourth-order valence-corrected chi connectivity index (χ4v) is 4.64. The Hall–Kier alpha value is -0.860. The van der Waals surface area contributed by atoms with Crippen molar-refractivity contribution in [1.29, 1.82) is 0 Å². The fourth-order valence-electron chi connectivity index (χ4n) is 4.64. The minimum absolute atomic E-state index is 0.465. The molecular formula is C17H24N2. The summed E-state index contributed by atoms with van der Waals surface area (Å²) in [6.07, 6.45) is 6.52. The van der Waals surface area contributed by atoms with Crippen LogP contribution in [0.3, 0.4) is 0 Å². The molecule has 2 N–H and O–H groups in total. The summed E-state index contributed by atoms with van der Waals surface area (Å²) in [6.45, 7) is 2.56. The molecule has 19 heavy (non-hydrogen) atoms. The van der Waals surface area contributed by atoms with Crippen molar-refractivity contribution in [2.45, 2.75) is 44.2 Å². The average molecular weight is 256 g/mol. The van der Waals surface area contributed by atoms with Gasteiger partial charge in [-0.1, -0.05) is 30.7 Å². The maximum absolute atomic E-state index is 6.34. The number of rotatable bonds is 1. The summed E-state index contributed by atoms with van der Waals surface area (Å²) in [5.41, 5.74) is 9.49. The summed E-state index contributed by atoms with van der Waals surface area (Å²) >= 11 is 0. The molecule has 2 nitrogen and oxygen atoms in total. The molecule has 0 spiro atoms. The summed E-state index contributed by atoms with van der Waals surface area (Å²) in [5, 5.41) is 0. The number of hydrogen-bond donors (Lipinski definition) is 1. The second-order valence-corrected chi connectivity index (χ2v) is 6.80. The van der Waals surface area contributed by atoms with E-state index in [4.69, 9.17) is 5.73 Å². The average Bonchev–Trinajstić information content (AvgIpc) is 3.02. The van der Waals surface area contributed by atoms with Crippen LogP contribution in [0.25, 0.3) is 0 Å². The molecule has 0 amide bonds. The van der Waals surface area contributed by atoms with Gasteiger partial charge in [0.25, 0.3) is 0 Å². The zero-order valence-electron chi connectivity index (χ0n) is 11.6. The van der Waals surface area contributed by atoms with Crippen LogP contribution < -0.4 is 5.73 Å². The Morgan fingerprint density at radius 3 is 2.42 bits per heavy atom. The normalized spacial score (nSPS) is 35.3. The van der Waals surface area contributed by atoms with Crippen molar-refractivity contribution in [2.75, 3.05) is 13.1 Å². The molecule has 1 aromatic rings. The highest BCUT2D eigenvalue weighted by atomic mass is 15.2. The van der Waals surface area contributed by atoms with Crippen LogP contribution in [0, 0.1) is 11.8 Å². The van der Waals surface area contributed by atoms with E-state index in [1.54, 1.807) is 11.1 Å². The molecule has 4 rings (SSSR count). The van der Waals surface area contributed by atoms with E-state index in [2.05, 4.69) is 29.2 Å². The lowest BCUT2D eigenvalue weighted by molar-refractivity contribution is 0.235. The van der Waals surface area contributed by atoms with E-state index in [1.165, 1.54) is 45.2 Å². The van der Waals surface area contributed by atoms with Gasteiger partial charge in [-0.2, -0.15) is 0 Å². The van der Waals surface area contributed by atoms with Crippen molar-refractivity contribution >= 4 is 0 Å². The second kappa shape index (κ2) is 4.60. The Balaban J connectivity index is 1.48. The Labute approximate surface area is 116 Å². The molecular weight excluding hydrogens is 232 g/mol. The van der Waals surface area contributed by atoms with Crippen LogP contribution >= 0.6 is 0 Å². The second-order valence-electron chi connectivity index (χ2n) is 6.80. The van der Waals surface area contributed by atoms with Gasteiger partial charge in [0.05, 0.1) is 0 Å². The van der Waals surface area contributed by atoms with Gasteiger partial charge in [-0.25, -0.2) is 0 Å². The van der Waals surface area contributed by atoms with Crippen molar-refractivity contribution in [3.63, 3.8) is 0 Å². The molecule has 0 aromatic heterocycles. The summed E-state index contributed by atoms with van der Waals surface area (Å²) in [4.78, 5) is 2.75. The largest absolute Gasteiger partial charge is 0.327 e. The van der Waals surface area contributed by atoms with Crippen LogP contribution in [-0.4, -0.2) is 30.1 Å². The monoisotopic (exact) mass is 256 g/mol. The minimum atomic E-state index is 0.465. The molecule has 1 saturated carbocycles. The van der Waals surface area contributed by atoms with Gasteiger partial charge in [0.1, 0.15) is 0 Å². The van der Waals surface area contributed by atoms with E-state index in [-0.39, 0.29) is 0 Å². The first kappa shape index (κ1) is 11.9. The summed E-state index contributed by atoms with van der Waals surface area (Å²) in [7, 11) is 0. The predicted octanol–water partition coefficient (Wildman–Crippen LogP) is 2.21. The SMILES string of the molecule is NC1CCCC2CN(C3Cc4ccccc4C3)CC12. The molecule has 1 aliphatic heterocycles. The Morgan fingerprint density at radius 2 is 1.74 bits per heavy atom. The molecule has 1 heterocycles. The van der Waals surface area contributed by atoms with Gasteiger partial charge in [-0.15, -0.1) is 0 Å². The fraction of sp³-hybridized carbons (Fsp3) is 0.647. The van der Waals surface area contributed by atoms with Crippen LogP contribution in [0.2, 0.25) is 0 Å². The summed E-state index contributed by atoms with van der Waals surface area (Å²) < 4.78 is 0. The molecule has 0 bridgehead atoms. The maximum atomic E-state index is 6.34. The molecule has 1 saturated heterocycles. The smallest absolute Gasteiger partial charge is 0.0176 e. The summed E-state index contributed by atoms with van der Waals surface area (Å²) in [6, 6.07) is 10.2. The minimum Gasteiger partial charge on any atom is -0.327 e. The zero-order chi connectivity index (χ0) is 12.8. The van der Waals surface area contributed by atoms with Crippen molar-refractivity contribution in [3.8, 4) is 0 Å². The lowest BCUT2D eigenvalue weighted by Gasteiger charge is -2.30. The lowest BCUT2D eigenvalue weighted by Crippen LogP contribution is -2.39. The van der Waals surface area contributed by atoms with E-state index in [0.717, 1.165) is 17.9 Å². The van der Waals surface area contributed by atoms with Crippen LogP contribution in [0.4, 0.5) is 0 Å². The number of benzene rings is 1. The Bertz CT molecular complexity index is 445. The third kappa shape index (κ3) is 2.02. The Kier molecular flexibility index (Phi) is 2.89. The number of hydrogen-bond acceptors (Lipinski definition) is 2. The first-order valence-corrected chi connectivity index (χ1v) is 7.87. The van der Waals surface area contributed by atoms with E-state index < -0.39 is 0 Å². The van der Waals surface area contributed by atoms with Gasteiger partial charge in [0.2, 0.25) is 0 Å². The van der Waals surface area contributed by atoms with Gasteiger partial charge < -0.3 is 5.73 Å². The molecule has 3 unspecified atom stereocenters. The van der Waals surface area contributed by atoms with Crippen molar-refractivity contribution in [2.24, 2.45) is 17.6 Å². The van der Waals surface area contributed by atoms with E-state index in [0.29, 0.717) is 6.04 Å². The van der Waals surface area contributed by atoms with Crippen LogP contribution in [-0.2, 0) is 12.8 Å². The van der Waals surface area contributed by atoms with Crippen LogP contribution in [0.15, 0.2) is 24.3 Å². The first-order chi connectivity index (χ1) is 9.31. The molecule has 2 aliphatic carbocycles. The summed E-state index contributed by atoms with van der Waals surface area (Å²) in [5.74, 6) is 1.66. The molecule has 102 valence electrons. The number of nitrogens with zero attached hydrogens (tertiary/aromatic N) is 1. The molecule has 2 fully saturated rings. The highest BCUT2D eigenvalue weighted by Crippen LogP contribution is 2.38. The highest BCUT2D eigenvalue weighted by Gasteiger charge is 2.41. The molecule has 1 aromatic carbocycles. The maximum Gasteiger partial charge on any atom is 0.0176 e. The molecule has 3 atom stereocenters. The number of nitrogens with two attached hydrogens (primary N) is 1. The van der Waals surface area contributed by atoms with Gasteiger partial charge in [0.15, 0.2) is 0 Å². The zero-order valence-corrected chi connectivity index (χ0v) is 11.6. The first-order valence-electron chi connectivity index (χ1n) is 7.87. The van der Waals surface area contributed by atoms with Gasteiger partial charge in [-0.3, -0.25) is 4.90 Å². The van der Waals surface area contributed by atoms with E-state index >= 15 is 0 Å². The van der Waals surface area contributed by atoms with Crippen LogP contribution in [0.1, 0.15) is 30.4 Å². The van der Waals surface area contributed by atoms with Crippen molar-refractivity contribution < 1.29 is 0 Å². The Morgan fingerprint density at radius 1 is 1.00 bits per heavy atom.